The molecule has 0 spiro atoms. The van der Waals surface area contributed by atoms with Gasteiger partial charge in [0.2, 0.25) is 0 Å². The minimum atomic E-state index is 0.185. The average molecular weight is 230 g/mol. The molecule has 0 aromatic heterocycles. The smallest absolute Gasteiger partial charge is 0.0417 e. The van der Waals surface area contributed by atoms with E-state index in [2.05, 4.69) is 36.1 Å². The van der Waals surface area contributed by atoms with Crippen LogP contribution in [-0.2, 0) is 0 Å². The Hall–Kier alpha value is -1.02. The Labute approximate surface area is 104 Å². The maximum Gasteiger partial charge on any atom is 0.0417 e. The van der Waals surface area contributed by atoms with E-state index in [4.69, 9.17) is 5.73 Å². The molecule has 3 rings (SSSR count). The molecule has 0 radical (unpaired) electrons. The van der Waals surface area contributed by atoms with Gasteiger partial charge in [-0.15, -0.1) is 0 Å². The highest BCUT2D eigenvalue weighted by molar-refractivity contribution is 5.57. The summed E-state index contributed by atoms with van der Waals surface area (Å²) in [7, 11) is 0. The number of anilines is 1. The van der Waals surface area contributed by atoms with Crippen LogP contribution in [0.1, 0.15) is 44.2 Å². The van der Waals surface area contributed by atoms with Crippen molar-refractivity contribution in [3.05, 3.63) is 29.8 Å². The van der Waals surface area contributed by atoms with Crippen LogP contribution in [0.2, 0.25) is 0 Å². The summed E-state index contributed by atoms with van der Waals surface area (Å²) in [5, 5.41) is 0. The van der Waals surface area contributed by atoms with E-state index in [-0.39, 0.29) is 6.04 Å². The number of para-hydroxylation sites is 1. The highest BCUT2D eigenvalue weighted by Gasteiger charge is 2.38. The largest absolute Gasteiger partial charge is 0.368 e. The second-order valence-electron chi connectivity index (χ2n) is 5.56. The van der Waals surface area contributed by atoms with Crippen molar-refractivity contribution in [1.29, 1.82) is 0 Å². The van der Waals surface area contributed by atoms with Crippen molar-refractivity contribution in [2.45, 2.75) is 44.7 Å². The van der Waals surface area contributed by atoms with E-state index in [9.17, 15) is 0 Å². The molecule has 17 heavy (non-hydrogen) atoms. The molecule has 2 heteroatoms. The van der Waals surface area contributed by atoms with Crippen LogP contribution in [0, 0.1) is 5.92 Å². The first kappa shape index (κ1) is 11.1. The van der Waals surface area contributed by atoms with Gasteiger partial charge in [-0.3, -0.25) is 0 Å². The van der Waals surface area contributed by atoms with Gasteiger partial charge in [0, 0.05) is 24.3 Å². The van der Waals surface area contributed by atoms with Crippen molar-refractivity contribution in [1.82, 2.24) is 0 Å². The zero-order valence-electron chi connectivity index (χ0n) is 10.6. The van der Waals surface area contributed by atoms with Gasteiger partial charge in [-0.1, -0.05) is 25.1 Å². The average Bonchev–Trinajstić information content (AvgIpc) is 3.00. The van der Waals surface area contributed by atoms with E-state index in [1.165, 1.54) is 37.1 Å². The molecule has 2 nitrogen and oxygen atoms in total. The molecule has 1 aliphatic heterocycles. The number of hydrogen-bond donors (Lipinski definition) is 1. The number of nitrogens with zero attached hydrogens (tertiary/aromatic N) is 1. The van der Waals surface area contributed by atoms with Gasteiger partial charge in [0.25, 0.3) is 0 Å². The van der Waals surface area contributed by atoms with Gasteiger partial charge in [0.15, 0.2) is 0 Å². The summed E-state index contributed by atoms with van der Waals surface area (Å²) in [6.07, 6.45) is 5.22. The quantitative estimate of drug-likeness (QED) is 0.864. The first-order valence-corrected chi connectivity index (χ1v) is 6.90. The fraction of sp³-hybridized carbons (Fsp3) is 0.600. The summed E-state index contributed by atoms with van der Waals surface area (Å²) >= 11 is 0. The lowest BCUT2D eigenvalue weighted by molar-refractivity contribution is 0.550. The van der Waals surface area contributed by atoms with Crippen molar-refractivity contribution in [2.24, 2.45) is 11.7 Å². The summed E-state index contributed by atoms with van der Waals surface area (Å²) in [5.74, 6) is 0.936. The first-order valence-electron chi connectivity index (χ1n) is 6.90. The Bertz CT molecular complexity index is 402. The molecule has 1 aromatic rings. The highest BCUT2D eigenvalue weighted by atomic mass is 15.2. The number of benzene rings is 1. The Morgan fingerprint density at radius 3 is 2.82 bits per heavy atom. The van der Waals surface area contributed by atoms with Crippen molar-refractivity contribution in [2.75, 3.05) is 11.4 Å². The molecule has 0 amide bonds. The minimum Gasteiger partial charge on any atom is -0.368 e. The van der Waals surface area contributed by atoms with Crippen LogP contribution in [0.3, 0.4) is 0 Å². The molecule has 1 saturated heterocycles. The zero-order chi connectivity index (χ0) is 11.8. The summed E-state index contributed by atoms with van der Waals surface area (Å²) < 4.78 is 0. The molecule has 2 bridgehead atoms. The molecular formula is C15H22N2. The molecule has 3 atom stereocenters. The Balaban J connectivity index is 1.92. The van der Waals surface area contributed by atoms with E-state index in [1.807, 2.05) is 0 Å². The number of piperidine rings is 1. The third kappa shape index (κ3) is 1.85. The van der Waals surface area contributed by atoms with Crippen LogP contribution < -0.4 is 10.6 Å². The summed E-state index contributed by atoms with van der Waals surface area (Å²) in [4.78, 5) is 2.61. The molecule has 2 aliphatic rings. The van der Waals surface area contributed by atoms with Crippen LogP contribution in [0.25, 0.3) is 0 Å². The van der Waals surface area contributed by atoms with Crippen molar-refractivity contribution < 1.29 is 0 Å². The van der Waals surface area contributed by atoms with Crippen molar-refractivity contribution in [3.8, 4) is 0 Å². The number of hydrogen-bond acceptors (Lipinski definition) is 2. The molecule has 1 aliphatic carbocycles. The SMILES string of the molecule is CC[C@H](N)c1ccccc1N1CC2CCC1C2. The topological polar surface area (TPSA) is 29.3 Å². The lowest BCUT2D eigenvalue weighted by atomic mass is 10.0. The third-order valence-electron chi connectivity index (χ3n) is 4.49. The lowest BCUT2D eigenvalue weighted by Crippen LogP contribution is -2.33. The van der Waals surface area contributed by atoms with Gasteiger partial charge < -0.3 is 10.6 Å². The molecular weight excluding hydrogens is 208 g/mol. The second kappa shape index (κ2) is 4.34. The van der Waals surface area contributed by atoms with E-state index in [0.29, 0.717) is 0 Å². The molecule has 2 unspecified atom stereocenters. The number of rotatable bonds is 3. The minimum absolute atomic E-state index is 0.185. The molecule has 1 heterocycles. The van der Waals surface area contributed by atoms with E-state index in [0.717, 1.165) is 18.4 Å². The Kier molecular flexibility index (Phi) is 2.83. The van der Waals surface area contributed by atoms with Crippen molar-refractivity contribution in [3.63, 3.8) is 0 Å². The fourth-order valence-electron chi connectivity index (χ4n) is 3.50. The highest BCUT2D eigenvalue weighted by Crippen LogP contribution is 2.42. The first-order chi connectivity index (χ1) is 8.29. The maximum atomic E-state index is 6.23. The molecule has 1 aromatic carbocycles. The standard InChI is InChI=1S/C15H22N2/c1-2-14(16)13-5-3-4-6-15(13)17-10-11-7-8-12(17)9-11/h3-6,11-12,14H,2,7-10,16H2,1H3/t11?,12?,14-/m0/s1. The van der Waals surface area contributed by atoms with Gasteiger partial charge in [-0.25, -0.2) is 0 Å². The van der Waals surface area contributed by atoms with Gasteiger partial charge in [-0.05, 0) is 43.2 Å². The molecule has 1 saturated carbocycles. The Morgan fingerprint density at radius 1 is 1.35 bits per heavy atom. The summed E-state index contributed by atoms with van der Waals surface area (Å²) in [6, 6.07) is 9.69. The predicted octanol–water partition coefficient (Wildman–Crippen LogP) is 3.09. The summed E-state index contributed by atoms with van der Waals surface area (Å²) in [6.45, 7) is 3.41. The normalized spacial score (nSPS) is 28.7. The van der Waals surface area contributed by atoms with Crippen LogP contribution in [0.5, 0.6) is 0 Å². The van der Waals surface area contributed by atoms with Crippen LogP contribution in [0.15, 0.2) is 24.3 Å². The van der Waals surface area contributed by atoms with Gasteiger partial charge in [0.1, 0.15) is 0 Å². The molecule has 92 valence electrons. The van der Waals surface area contributed by atoms with E-state index < -0.39 is 0 Å². The fourth-order valence-corrected chi connectivity index (χ4v) is 3.50. The van der Waals surface area contributed by atoms with Crippen molar-refractivity contribution >= 4 is 5.69 Å². The monoisotopic (exact) mass is 230 g/mol. The number of nitrogens with two attached hydrogens (primary N) is 1. The van der Waals surface area contributed by atoms with Crippen LogP contribution in [0.4, 0.5) is 5.69 Å². The van der Waals surface area contributed by atoms with Gasteiger partial charge in [0.05, 0.1) is 0 Å². The second-order valence-corrected chi connectivity index (χ2v) is 5.56. The van der Waals surface area contributed by atoms with E-state index >= 15 is 0 Å². The van der Waals surface area contributed by atoms with E-state index in [1.54, 1.807) is 0 Å². The lowest BCUT2D eigenvalue weighted by Gasteiger charge is -2.32. The maximum absolute atomic E-state index is 6.23. The number of fused-ring (bicyclic) bond motifs is 2. The third-order valence-corrected chi connectivity index (χ3v) is 4.49. The zero-order valence-corrected chi connectivity index (χ0v) is 10.6. The predicted molar refractivity (Wildman–Crippen MR) is 72.1 cm³/mol. The van der Waals surface area contributed by atoms with Gasteiger partial charge >= 0.3 is 0 Å². The summed E-state index contributed by atoms with van der Waals surface area (Å²) in [5.41, 5.74) is 8.97. The molecule has 2 N–H and O–H groups in total. The van der Waals surface area contributed by atoms with Crippen LogP contribution in [-0.4, -0.2) is 12.6 Å². The van der Waals surface area contributed by atoms with Crippen LogP contribution >= 0.6 is 0 Å². The van der Waals surface area contributed by atoms with Gasteiger partial charge in [-0.2, -0.15) is 0 Å². The Morgan fingerprint density at radius 2 is 2.18 bits per heavy atom. The molecule has 2 fully saturated rings.